The highest BCUT2D eigenvalue weighted by atomic mass is 19.4. The summed E-state index contributed by atoms with van der Waals surface area (Å²) in [5.41, 5.74) is -1.63. The smallest absolute Gasteiger partial charge is 0.444 e. The molecule has 16 heteroatoms. The first-order valence-electron chi connectivity index (χ1n) is 14.7. The van der Waals surface area contributed by atoms with Crippen LogP contribution in [-0.2, 0) is 35.1 Å². The van der Waals surface area contributed by atoms with E-state index in [0.717, 1.165) is 4.90 Å². The lowest BCUT2D eigenvalue weighted by molar-refractivity contribution is -0.144. The van der Waals surface area contributed by atoms with E-state index in [0.29, 0.717) is 30.7 Å². The van der Waals surface area contributed by atoms with E-state index in [1.54, 1.807) is 39.8 Å². The topological polar surface area (TPSA) is 129 Å². The summed E-state index contributed by atoms with van der Waals surface area (Å²) in [6.45, 7) is 7.73. The maximum absolute atomic E-state index is 14.5. The lowest BCUT2D eigenvalue weighted by Gasteiger charge is -2.27. The van der Waals surface area contributed by atoms with Crippen LogP contribution in [0.15, 0.2) is 30.3 Å². The van der Waals surface area contributed by atoms with Crippen LogP contribution in [0.3, 0.4) is 0 Å². The molecule has 1 atom stereocenters. The average molecular weight is 671 g/mol. The molecule has 0 unspecified atom stereocenters. The lowest BCUT2D eigenvalue weighted by atomic mass is 10.0. The monoisotopic (exact) mass is 670 g/mol. The number of alkyl halides is 3. The summed E-state index contributed by atoms with van der Waals surface area (Å²) in [6, 6.07) is 4.48. The Morgan fingerprint density at radius 2 is 1.68 bits per heavy atom. The summed E-state index contributed by atoms with van der Waals surface area (Å²) >= 11 is 0. The zero-order chi connectivity index (χ0) is 35.1. The Labute approximate surface area is 267 Å². The van der Waals surface area contributed by atoms with Crippen LogP contribution in [0, 0.1) is 17.5 Å². The number of anilines is 1. The van der Waals surface area contributed by atoms with E-state index in [9.17, 15) is 40.7 Å². The van der Waals surface area contributed by atoms with Gasteiger partial charge >= 0.3 is 12.3 Å². The number of aryl methyl sites for hydroxylation is 1. The van der Waals surface area contributed by atoms with Crippen molar-refractivity contribution in [3.05, 3.63) is 76.3 Å². The number of rotatable bonds is 12. The largest absolute Gasteiger partial charge is 0.449 e. The van der Waals surface area contributed by atoms with Gasteiger partial charge in [-0.3, -0.25) is 9.59 Å². The first-order chi connectivity index (χ1) is 21.9. The Bertz CT molecular complexity index is 1590. The van der Waals surface area contributed by atoms with Gasteiger partial charge in [0.1, 0.15) is 17.2 Å². The number of benzene rings is 1. The summed E-state index contributed by atoms with van der Waals surface area (Å²) in [6.07, 6.45) is -6.08. The van der Waals surface area contributed by atoms with Crippen LogP contribution in [-0.4, -0.2) is 55.9 Å². The van der Waals surface area contributed by atoms with Crippen molar-refractivity contribution in [3.63, 3.8) is 0 Å². The number of halogens is 6. The van der Waals surface area contributed by atoms with Crippen LogP contribution in [0.4, 0.5) is 37.0 Å². The number of H-pyrrole nitrogens is 1. The second-order valence-electron chi connectivity index (χ2n) is 11.7. The molecule has 3 aromatic rings. The number of nitrogens with one attached hydrogen (secondary N) is 3. The number of nitrogens with zero attached hydrogens (tertiary/aromatic N) is 3. The van der Waals surface area contributed by atoms with E-state index in [2.05, 4.69) is 25.6 Å². The predicted octanol–water partition coefficient (Wildman–Crippen LogP) is 6.32. The van der Waals surface area contributed by atoms with Gasteiger partial charge in [0.25, 0.3) is 5.91 Å². The van der Waals surface area contributed by atoms with Crippen LogP contribution in [0.25, 0.3) is 0 Å². The molecule has 3 N–H and O–H groups in total. The molecule has 3 amide bonds. The third-order valence-electron chi connectivity index (χ3n) is 6.57. The Kier molecular flexibility index (Phi) is 12.0. The summed E-state index contributed by atoms with van der Waals surface area (Å²) < 4.78 is 88.2. The number of amides is 3. The van der Waals surface area contributed by atoms with Crippen LogP contribution < -0.4 is 10.6 Å². The highest BCUT2D eigenvalue weighted by Gasteiger charge is 2.37. The number of pyridine rings is 1. The van der Waals surface area contributed by atoms with E-state index in [1.165, 1.54) is 6.07 Å². The standard InChI is InChI=1S/C31H36F6N6O4/c1-6-11-43(16-23-26(42-28(40-23)31(35,36)37)27(45)41-24-10-8-9-18(7-2)38-24)25(44)14-19(39-29(46)47-30(3,4)5)12-17-13-21(33)22(34)15-20(17)32/h8-10,13,15,19H,6-7,11-12,14,16H2,1-5H3,(H,39,46)(H,40,42)(H,38,41,45)/t19-/m1/s1. The van der Waals surface area contributed by atoms with Gasteiger partial charge in [0, 0.05) is 30.8 Å². The number of alkyl carbamates (subject to hydrolysis) is 1. The highest BCUT2D eigenvalue weighted by molar-refractivity contribution is 6.03. The molecule has 2 aromatic heterocycles. The van der Waals surface area contributed by atoms with Crippen molar-refractivity contribution >= 4 is 23.7 Å². The molecule has 47 heavy (non-hydrogen) atoms. The molecule has 0 bridgehead atoms. The SMILES string of the molecule is CCCN(Cc1[nH]c(C(F)(F)F)nc1C(=O)Nc1cccc(CC)n1)C(=O)C[C@@H](Cc1cc(F)c(F)cc1F)NC(=O)OC(C)(C)C. The molecule has 1 aromatic carbocycles. The quantitative estimate of drug-likeness (QED) is 0.153. The molecule has 0 aliphatic heterocycles. The average Bonchev–Trinajstić information content (AvgIpc) is 3.39. The zero-order valence-corrected chi connectivity index (χ0v) is 26.4. The molecule has 10 nitrogen and oxygen atoms in total. The van der Waals surface area contributed by atoms with E-state index in [-0.39, 0.29) is 23.6 Å². The summed E-state index contributed by atoms with van der Waals surface area (Å²) in [4.78, 5) is 50.2. The van der Waals surface area contributed by atoms with Crippen molar-refractivity contribution in [1.82, 2.24) is 25.2 Å². The van der Waals surface area contributed by atoms with Gasteiger partial charge in [-0.05, 0) is 63.8 Å². The van der Waals surface area contributed by atoms with Gasteiger partial charge in [-0.15, -0.1) is 0 Å². The van der Waals surface area contributed by atoms with Crippen molar-refractivity contribution in [2.75, 3.05) is 11.9 Å². The molecule has 0 aliphatic rings. The van der Waals surface area contributed by atoms with E-state index in [1.807, 2.05) is 6.92 Å². The van der Waals surface area contributed by atoms with Crippen molar-refractivity contribution in [3.8, 4) is 0 Å². The van der Waals surface area contributed by atoms with Gasteiger partial charge in [-0.1, -0.05) is 19.9 Å². The summed E-state index contributed by atoms with van der Waals surface area (Å²) in [5, 5.41) is 4.86. The number of hydrogen-bond donors (Lipinski definition) is 3. The second kappa shape index (κ2) is 15.3. The summed E-state index contributed by atoms with van der Waals surface area (Å²) in [7, 11) is 0. The molecule has 0 saturated carbocycles. The number of aromatic amines is 1. The minimum atomic E-state index is -4.95. The van der Waals surface area contributed by atoms with Crippen LogP contribution in [0.5, 0.6) is 0 Å². The molecule has 3 rings (SSSR count). The normalized spacial score (nSPS) is 12.4. The Morgan fingerprint density at radius 1 is 1.00 bits per heavy atom. The Hall–Kier alpha value is -4.63. The third kappa shape index (κ3) is 10.7. The van der Waals surface area contributed by atoms with Crippen molar-refractivity contribution in [2.24, 2.45) is 0 Å². The molecule has 0 spiro atoms. The maximum atomic E-state index is 14.5. The van der Waals surface area contributed by atoms with Gasteiger partial charge < -0.3 is 25.3 Å². The van der Waals surface area contributed by atoms with E-state index < -0.39 is 84.1 Å². The number of carbonyl (C=O) groups excluding carboxylic acids is 3. The van der Waals surface area contributed by atoms with E-state index in [4.69, 9.17) is 4.74 Å². The first kappa shape index (κ1) is 36.8. The molecule has 0 fully saturated rings. The lowest BCUT2D eigenvalue weighted by Crippen LogP contribution is -2.44. The highest BCUT2D eigenvalue weighted by Crippen LogP contribution is 2.28. The number of carbonyl (C=O) groups is 3. The fourth-order valence-corrected chi connectivity index (χ4v) is 4.49. The van der Waals surface area contributed by atoms with Crippen LogP contribution in [0.1, 0.15) is 80.7 Å². The summed E-state index contributed by atoms with van der Waals surface area (Å²) in [5.74, 6) is -7.01. The van der Waals surface area contributed by atoms with Crippen molar-refractivity contribution in [2.45, 2.75) is 84.7 Å². The number of ether oxygens (including phenoxy) is 1. The fraction of sp³-hybridized carbons (Fsp3) is 0.452. The Morgan fingerprint density at radius 3 is 2.30 bits per heavy atom. The maximum Gasteiger partial charge on any atom is 0.449 e. The van der Waals surface area contributed by atoms with Crippen molar-refractivity contribution in [1.29, 1.82) is 0 Å². The van der Waals surface area contributed by atoms with Gasteiger partial charge in [-0.2, -0.15) is 13.2 Å². The van der Waals surface area contributed by atoms with Gasteiger partial charge in [0.05, 0.1) is 12.2 Å². The van der Waals surface area contributed by atoms with E-state index >= 15 is 0 Å². The number of imidazole rings is 1. The van der Waals surface area contributed by atoms with Gasteiger partial charge in [0.2, 0.25) is 11.7 Å². The first-order valence-corrected chi connectivity index (χ1v) is 14.7. The minimum Gasteiger partial charge on any atom is -0.444 e. The van der Waals surface area contributed by atoms with Crippen LogP contribution >= 0.6 is 0 Å². The molecule has 2 heterocycles. The zero-order valence-electron chi connectivity index (χ0n) is 26.4. The second-order valence-corrected chi connectivity index (χ2v) is 11.7. The molecular weight excluding hydrogens is 634 g/mol. The third-order valence-corrected chi connectivity index (χ3v) is 6.57. The van der Waals surface area contributed by atoms with Crippen molar-refractivity contribution < 1.29 is 45.5 Å². The number of aromatic nitrogens is 3. The molecule has 0 radical (unpaired) electrons. The molecular formula is C31H36F6N6O4. The molecule has 0 saturated heterocycles. The fourth-order valence-electron chi connectivity index (χ4n) is 4.49. The van der Waals surface area contributed by atoms with Gasteiger partial charge in [0.15, 0.2) is 17.3 Å². The molecule has 0 aliphatic carbocycles. The Balaban J connectivity index is 1.92. The van der Waals surface area contributed by atoms with Gasteiger partial charge in [-0.25, -0.2) is 27.9 Å². The predicted molar refractivity (Wildman–Crippen MR) is 159 cm³/mol. The minimum absolute atomic E-state index is 0.000933. The van der Waals surface area contributed by atoms with Crippen LogP contribution in [0.2, 0.25) is 0 Å². The number of hydrogen-bond acceptors (Lipinski definition) is 6. The molecule has 256 valence electrons.